The first kappa shape index (κ1) is 11.5. The fourth-order valence-corrected chi connectivity index (χ4v) is 3.02. The van der Waals surface area contributed by atoms with Gasteiger partial charge in [-0.25, -0.2) is 0 Å². The van der Waals surface area contributed by atoms with Crippen LogP contribution in [-0.2, 0) is 12.8 Å². The van der Waals surface area contributed by atoms with Gasteiger partial charge < -0.3 is 4.98 Å². The van der Waals surface area contributed by atoms with Crippen molar-refractivity contribution < 1.29 is 0 Å². The third-order valence-electron chi connectivity index (χ3n) is 3.98. The summed E-state index contributed by atoms with van der Waals surface area (Å²) in [6.07, 6.45) is 8.49. The Kier molecular flexibility index (Phi) is 3.18. The normalized spacial score (nSPS) is 16.7. The van der Waals surface area contributed by atoms with Crippen molar-refractivity contribution >= 4 is 10.8 Å². The quantitative estimate of drug-likeness (QED) is 0.751. The van der Waals surface area contributed by atoms with Gasteiger partial charge in [-0.3, -0.25) is 4.79 Å². The number of benzene rings is 1. The lowest BCUT2D eigenvalue weighted by Crippen LogP contribution is -2.13. The predicted octanol–water partition coefficient (Wildman–Crippen LogP) is 3.58. The summed E-state index contributed by atoms with van der Waals surface area (Å²) in [5.74, 6) is 0. The van der Waals surface area contributed by atoms with Crippen LogP contribution in [0, 0.1) is 0 Å². The maximum Gasteiger partial charge on any atom is 0.256 e. The molecule has 3 rings (SSSR count). The molecule has 1 aliphatic carbocycles. The maximum atomic E-state index is 12.1. The smallest absolute Gasteiger partial charge is 0.256 e. The average Bonchev–Trinajstić information content (AvgIpc) is 2.51. The molecule has 0 unspecified atom stereocenters. The summed E-state index contributed by atoms with van der Waals surface area (Å²) in [7, 11) is 0. The van der Waals surface area contributed by atoms with E-state index in [1.807, 2.05) is 18.2 Å². The van der Waals surface area contributed by atoms with Crippen molar-refractivity contribution in [2.45, 2.75) is 44.9 Å². The summed E-state index contributed by atoms with van der Waals surface area (Å²) in [4.78, 5) is 15.2. The first-order valence-electron chi connectivity index (χ1n) is 6.99. The third-order valence-corrected chi connectivity index (χ3v) is 3.98. The minimum Gasteiger partial charge on any atom is -0.325 e. The molecule has 18 heavy (non-hydrogen) atoms. The molecule has 1 heterocycles. The molecule has 2 nitrogen and oxygen atoms in total. The summed E-state index contributed by atoms with van der Waals surface area (Å²) in [6, 6.07) is 8.01. The van der Waals surface area contributed by atoms with E-state index in [1.165, 1.54) is 43.4 Å². The van der Waals surface area contributed by atoms with Crippen LogP contribution in [0.15, 0.2) is 29.1 Å². The van der Waals surface area contributed by atoms with E-state index in [4.69, 9.17) is 0 Å². The van der Waals surface area contributed by atoms with Gasteiger partial charge in [0.25, 0.3) is 5.56 Å². The third kappa shape index (κ3) is 2.07. The number of H-pyrrole nitrogens is 1. The molecule has 1 N–H and O–H groups in total. The largest absolute Gasteiger partial charge is 0.325 e. The molecule has 1 aromatic heterocycles. The van der Waals surface area contributed by atoms with Crippen molar-refractivity contribution in [2.75, 3.05) is 0 Å². The number of aromatic nitrogens is 1. The topological polar surface area (TPSA) is 32.9 Å². The van der Waals surface area contributed by atoms with Crippen molar-refractivity contribution in [2.24, 2.45) is 0 Å². The highest BCUT2D eigenvalue weighted by Gasteiger charge is 2.12. The highest BCUT2D eigenvalue weighted by Crippen LogP contribution is 2.23. The van der Waals surface area contributed by atoms with E-state index in [0.717, 1.165) is 23.6 Å². The fraction of sp³-hybridized carbons (Fsp3) is 0.438. The average molecular weight is 241 g/mol. The van der Waals surface area contributed by atoms with Gasteiger partial charge in [-0.1, -0.05) is 37.5 Å². The molecule has 1 aliphatic rings. The second-order valence-corrected chi connectivity index (χ2v) is 5.22. The zero-order valence-electron chi connectivity index (χ0n) is 10.7. The Labute approximate surface area is 107 Å². The van der Waals surface area contributed by atoms with Gasteiger partial charge in [0.1, 0.15) is 0 Å². The Morgan fingerprint density at radius 1 is 0.833 bits per heavy atom. The van der Waals surface area contributed by atoms with Crippen LogP contribution in [0.3, 0.4) is 0 Å². The van der Waals surface area contributed by atoms with E-state index in [9.17, 15) is 4.79 Å². The summed E-state index contributed by atoms with van der Waals surface area (Å²) in [5, 5.41) is 2.01. The highest BCUT2D eigenvalue weighted by molar-refractivity contribution is 5.85. The number of aromatic amines is 1. The van der Waals surface area contributed by atoms with Crippen molar-refractivity contribution in [3.8, 4) is 0 Å². The molecule has 0 saturated carbocycles. The molecule has 2 heteroatoms. The Balaban J connectivity index is 2.21. The van der Waals surface area contributed by atoms with E-state index in [1.54, 1.807) is 0 Å². The predicted molar refractivity (Wildman–Crippen MR) is 75.1 cm³/mol. The molecule has 0 spiro atoms. The van der Waals surface area contributed by atoms with Gasteiger partial charge in [-0.15, -0.1) is 0 Å². The first-order valence-corrected chi connectivity index (χ1v) is 6.99. The molecular formula is C16H19NO. The SMILES string of the molecule is O=c1[nH]c2c(c3ccccc13)CCCCCCC2. The standard InChI is InChI=1S/C16H19NO/c18-16-14-10-7-6-8-12(14)13-9-4-2-1-3-5-11-15(13)17-16/h6-8,10H,1-5,9,11H2,(H,17,18). The molecule has 0 aliphatic heterocycles. The number of hydrogen-bond acceptors (Lipinski definition) is 1. The minimum absolute atomic E-state index is 0.0728. The Hall–Kier alpha value is -1.57. The Bertz CT molecular complexity index is 612. The molecule has 0 amide bonds. The molecule has 0 fully saturated rings. The highest BCUT2D eigenvalue weighted by atomic mass is 16.1. The summed E-state index contributed by atoms with van der Waals surface area (Å²) < 4.78 is 0. The van der Waals surface area contributed by atoms with Gasteiger partial charge in [0, 0.05) is 11.1 Å². The molecular weight excluding hydrogens is 222 g/mol. The Morgan fingerprint density at radius 3 is 2.33 bits per heavy atom. The molecule has 0 atom stereocenters. The number of nitrogens with one attached hydrogen (secondary N) is 1. The van der Waals surface area contributed by atoms with E-state index >= 15 is 0 Å². The summed E-state index contributed by atoms with van der Waals surface area (Å²) >= 11 is 0. The summed E-state index contributed by atoms with van der Waals surface area (Å²) in [6.45, 7) is 0. The lowest BCUT2D eigenvalue weighted by Gasteiger charge is -2.11. The number of rotatable bonds is 0. The monoisotopic (exact) mass is 241 g/mol. The van der Waals surface area contributed by atoms with Crippen LogP contribution in [0.1, 0.15) is 43.4 Å². The van der Waals surface area contributed by atoms with Crippen LogP contribution in [0.4, 0.5) is 0 Å². The molecule has 2 aromatic rings. The molecule has 1 aromatic carbocycles. The number of aryl methyl sites for hydroxylation is 2. The minimum atomic E-state index is 0.0728. The zero-order valence-corrected chi connectivity index (χ0v) is 10.7. The van der Waals surface area contributed by atoms with Gasteiger partial charge in [0.2, 0.25) is 0 Å². The number of hydrogen-bond donors (Lipinski definition) is 1. The van der Waals surface area contributed by atoms with E-state index < -0.39 is 0 Å². The lowest BCUT2D eigenvalue weighted by atomic mass is 9.98. The summed E-state index contributed by atoms with van der Waals surface area (Å²) in [5.41, 5.74) is 2.64. The van der Waals surface area contributed by atoms with Crippen molar-refractivity contribution in [1.82, 2.24) is 4.98 Å². The zero-order chi connectivity index (χ0) is 12.4. The molecule has 0 bridgehead atoms. The fourth-order valence-electron chi connectivity index (χ4n) is 3.02. The van der Waals surface area contributed by atoms with Crippen LogP contribution in [-0.4, -0.2) is 4.98 Å². The first-order chi connectivity index (χ1) is 8.86. The van der Waals surface area contributed by atoms with Crippen LogP contribution in [0.2, 0.25) is 0 Å². The molecule has 0 saturated heterocycles. The van der Waals surface area contributed by atoms with Gasteiger partial charge in [-0.2, -0.15) is 0 Å². The van der Waals surface area contributed by atoms with Crippen molar-refractivity contribution in [3.63, 3.8) is 0 Å². The van der Waals surface area contributed by atoms with Crippen LogP contribution in [0.25, 0.3) is 10.8 Å². The second-order valence-electron chi connectivity index (χ2n) is 5.22. The van der Waals surface area contributed by atoms with Gasteiger partial charge in [0.15, 0.2) is 0 Å². The van der Waals surface area contributed by atoms with Crippen LogP contribution in [0.5, 0.6) is 0 Å². The second kappa shape index (κ2) is 4.97. The molecule has 94 valence electrons. The van der Waals surface area contributed by atoms with Crippen molar-refractivity contribution in [1.29, 1.82) is 0 Å². The van der Waals surface area contributed by atoms with Crippen molar-refractivity contribution in [3.05, 3.63) is 45.9 Å². The van der Waals surface area contributed by atoms with Crippen LogP contribution < -0.4 is 5.56 Å². The van der Waals surface area contributed by atoms with E-state index in [0.29, 0.717) is 0 Å². The van der Waals surface area contributed by atoms with Gasteiger partial charge in [-0.05, 0) is 42.7 Å². The van der Waals surface area contributed by atoms with Gasteiger partial charge >= 0.3 is 0 Å². The van der Waals surface area contributed by atoms with Gasteiger partial charge in [0.05, 0.1) is 0 Å². The van der Waals surface area contributed by atoms with E-state index in [2.05, 4.69) is 11.1 Å². The van der Waals surface area contributed by atoms with Crippen LogP contribution >= 0.6 is 0 Å². The lowest BCUT2D eigenvalue weighted by molar-refractivity contribution is 0.628. The maximum absolute atomic E-state index is 12.1. The number of pyridine rings is 1. The van der Waals surface area contributed by atoms with E-state index in [-0.39, 0.29) is 5.56 Å². The molecule has 0 radical (unpaired) electrons. The Morgan fingerprint density at radius 2 is 1.50 bits per heavy atom. The number of fused-ring (bicyclic) bond motifs is 3.